The minimum atomic E-state index is -0.917. The minimum absolute atomic E-state index is 0.0546. The molecule has 1 fully saturated rings. The number of carboxylic acids is 1. The fraction of sp³-hybridized carbons (Fsp3) is 0.280. The van der Waals surface area contributed by atoms with Crippen LogP contribution in [0.25, 0.3) is 21.5 Å². The topological polar surface area (TPSA) is 63.6 Å². The molecule has 0 aliphatic heterocycles. The number of carbonyl (C=O) groups excluding carboxylic acids is 1. The number of carbonyl (C=O) groups is 2. The van der Waals surface area contributed by atoms with Gasteiger partial charge in [0.05, 0.1) is 11.8 Å². The zero-order valence-corrected chi connectivity index (χ0v) is 16.2. The first-order valence-corrected chi connectivity index (χ1v) is 10.1. The van der Waals surface area contributed by atoms with Gasteiger partial charge in [-0.15, -0.1) is 0 Å². The van der Waals surface area contributed by atoms with Gasteiger partial charge in [-0.25, -0.2) is 0 Å². The van der Waals surface area contributed by atoms with Gasteiger partial charge in [-0.3, -0.25) is 9.59 Å². The molecule has 1 saturated carbocycles. The van der Waals surface area contributed by atoms with Gasteiger partial charge < -0.3 is 9.84 Å². The maximum atomic E-state index is 13.2. The summed E-state index contributed by atoms with van der Waals surface area (Å²) in [5.74, 6) is -2.29. The highest BCUT2D eigenvalue weighted by molar-refractivity contribution is 6.07. The van der Waals surface area contributed by atoms with Gasteiger partial charge in [-0.05, 0) is 47.1 Å². The van der Waals surface area contributed by atoms with E-state index in [0.29, 0.717) is 12.2 Å². The van der Waals surface area contributed by atoms with Crippen LogP contribution >= 0.6 is 0 Å². The van der Waals surface area contributed by atoms with Crippen molar-refractivity contribution in [3.05, 3.63) is 66.2 Å². The number of rotatable bonds is 4. The molecule has 2 aliphatic rings. The van der Waals surface area contributed by atoms with Crippen molar-refractivity contribution in [2.45, 2.75) is 19.8 Å². The summed E-state index contributed by atoms with van der Waals surface area (Å²) < 4.78 is 6.02. The Hall–Kier alpha value is -3.14. The van der Waals surface area contributed by atoms with Crippen LogP contribution < -0.4 is 4.74 Å². The lowest BCUT2D eigenvalue weighted by molar-refractivity contribution is -0.152. The number of aliphatic carboxylic acids is 1. The quantitative estimate of drug-likeness (QED) is 0.297. The lowest BCUT2D eigenvalue weighted by Gasteiger charge is -2.23. The largest absolute Gasteiger partial charge is 0.481 e. The number of ether oxygens (including phenoxy) is 1. The SMILES string of the molecule is CCc1cccc2c(OC(=O)C3C4C=CC(C4)C3C(=O)O)c3ccccc3cc12. The third kappa shape index (κ3) is 2.74. The number of esters is 1. The van der Waals surface area contributed by atoms with Crippen molar-refractivity contribution in [3.8, 4) is 5.75 Å². The molecule has 1 N–H and O–H groups in total. The van der Waals surface area contributed by atoms with E-state index in [1.54, 1.807) is 0 Å². The van der Waals surface area contributed by atoms with Crippen LogP contribution in [-0.4, -0.2) is 17.0 Å². The van der Waals surface area contributed by atoms with E-state index in [-0.39, 0.29) is 11.8 Å². The Morgan fingerprint density at radius 1 is 0.966 bits per heavy atom. The second-order valence-corrected chi connectivity index (χ2v) is 8.05. The highest BCUT2D eigenvalue weighted by atomic mass is 16.5. The average molecular weight is 386 g/mol. The molecular weight excluding hydrogens is 364 g/mol. The fourth-order valence-electron chi connectivity index (χ4n) is 5.18. The van der Waals surface area contributed by atoms with E-state index in [2.05, 4.69) is 19.1 Å². The summed E-state index contributed by atoms with van der Waals surface area (Å²) in [6.07, 6.45) is 5.51. The van der Waals surface area contributed by atoms with Crippen molar-refractivity contribution in [1.82, 2.24) is 0 Å². The van der Waals surface area contributed by atoms with Crippen LogP contribution in [-0.2, 0) is 16.0 Å². The van der Waals surface area contributed by atoms with Gasteiger partial charge in [0.15, 0.2) is 0 Å². The molecule has 0 amide bonds. The van der Waals surface area contributed by atoms with Gasteiger partial charge >= 0.3 is 11.9 Å². The Morgan fingerprint density at radius 2 is 1.69 bits per heavy atom. The van der Waals surface area contributed by atoms with Crippen LogP contribution in [0.3, 0.4) is 0 Å². The molecule has 4 heteroatoms. The normalized spacial score (nSPS) is 25.0. The molecule has 0 aromatic heterocycles. The molecule has 0 saturated heterocycles. The first-order chi connectivity index (χ1) is 14.1. The van der Waals surface area contributed by atoms with E-state index in [1.807, 2.05) is 48.6 Å². The zero-order valence-electron chi connectivity index (χ0n) is 16.2. The third-order valence-corrected chi connectivity index (χ3v) is 6.55. The monoisotopic (exact) mass is 386 g/mol. The predicted octanol–water partition coefficient (Wildman–Crippen LogP) is 4.98. The number of benzene rings is 3. The van der Waals surface area contributed by atoms with Crippen LogP contribution in [0.2, 0.25) is 0 Å². The number of allylic oxidation sites excluding steroid dienone is 2. The lowest BCUT2D eigenvalue weighted by atomic mass is 9.83. The summed E-state index contributed by atoms with van der Waals surface area (Å²) in [7, 11) is 0. The lowest BCUT2D eigenvalue weighted by Crippen LogP contribution is -2.35. The molecule has 3 aromatic carbocycles. The van der Waals surface area contributed by atoms with Gasteiger partial charge in [0.2, 0.25) is 0 Å². The van der Waals surface area contributed by atoms with E-state index >= 15 is 0 Å². The van der Waals surface area contributed by atoms with Gasteiger partial charge in [0.1, 0.15) is 5.75 Å². The summed E-state index contributed by atoms with van der Waals surface area (Å²) in [5.41, 5.74) is 1.19. The van der Waals surface area contributed by atoms with Gasteiger partial charge in [0, 0.05) is 10.8 Å². The molecule has 4 atom stereocenters. The summed E-state index contributed by atoms with van der Waals surface area (Å²) in [4.78, 5) is 25.1. The van der Waals surface area contributed by atoms with Crippen molar-refractivity contribution >= 4 is 33.5 Å². The summed E-state index contributed by atoms with van der Waals surface area (Å²) >= 11 is 0. The minimum Gasteiger partial charge on any atom is -0.481 e. The second-order valence-electron chi connectivity index (χ2n) is 8.05. The Labute approximate surface area is 168 Å². The molecule has 0 radical (unpaired) electrons. The first kappa shape index (κ1) is 17.9. The fourth-order valence-corrected chi connectivity index (χ4v) is 5.18. The molecule has 146 valence electrons. The van der Waals surface area contributed by atoms with E-state index < -0.39 is 23.8 Å². The summed E-state index contributed by atoms with van der Waals surface area (Å²) in [6.45, 7) is 2.11. The number of fused-ring (bicyclic) bond motifs is 4. The summed E-state index contributed by atoms with van der Waals surface area (Å²) in [6, 6.07) is 16.0. The molecule has 3 aromatic rings. The number of carboxylic acid groups (broad SMARTS) is 1. The molecule has 4 unspecified atom stereocenters. The predicted molar refractivity (Wildman–Crippen MR) is 112 cm³/mol. The van der Waals surface area contributed by atoms with Crippen LogP contribution in [0.1, 0.15) is 18.9 Å². The van der Waals surface area contributed by atoms with Gasteiger partial charge in [-0.1, -0.05) is 61.5 Å². The van der Waals surface area contributed by atoms with Gasteiger partial charge in [0.25, 0.3) is 0 Å². The number of aryl methyl sites for hydroxylation is 1. The van der Waals surface area contributed by atoms with Crippen LogP contribution in [0.4, 0.5) is 0 Å². The smallest absolute Gasteiger partial charge is 0.315 e. The molecule has 2 aliphatic carbocycles. The molecule has 29 heavy (non-hydrogen) atoms. The van der Waals surface area contributed by atoms with E-state index in [9.17, 15) is 14.7 Å². The molecule has 2 bridgehead atoms. The Bertz CT molecular complexity index is 1180. The van der Waals surface area contributed by atoms with Gasteiger partial charge in [-0.2, -0.15) is 0 Å². The Kier molecular flexibility index (Phi) is 4.16. The number of hydrogen-bond donors (Lipinski definition) is 1. The average Bonchev–Trinajstić information content (AvgIpc) is 3.35. The molecular formula is C25H22O4. The van der Waals surface area contributed by atoms with E-state index in [0.717, 1.165) is 28.0 Å². The highest BCUT2D eigenvalue weighted by Crippen LogP contribution is 2.49. The first-order valence-electron chi connectivity index (χ1n) is 10.1. The van der Waals surface area contributed by atoms with Crippen molar-refractivity contribution in [2.75, 3.05) is 0 Å². The molecule has 0 spiro atoms. The van der Waals surface area contributed by atoms with Crippen LogP contribution in [0, 0.1) is 23.7 Å². The maximum Gasteiger partial charge on any atom is 0.315 e. The van der Waals surface area contributed by atoms with E-state index in [1.165, 1.54) is 5.56 Å². The maximum absolute atomic E-state index is 13.2. The van der Waals surface area contributed by atoms with Crippen LogP contribution in [0.15, 0.2) is 60.7 Å². The van der Waals surface area contributed by atoms with Crippen molar-refractivity contribution in [1.29, 1.82) is 0 Å². The standard InChI is InChI=1S/C25H22O4/c1-2-14-7-5-9-19-20(14)13-15-6-3-4-8-18(15)23(19)29-25(28)22-17-11-10-16(12-17)21(22)24(26)27/h3-11,13,16-17,21-22H,2,12H2,1H3,(H,26,27). The zero-order chi connectivity index (χ0) is 20.1. The molecule has 0 heterocycles. The van der Waals surface area contributed by atoms with Crippen LogP contribution in [0.5, 0.6) is 5.75 Å². The second kappa shape index (κ2) is 6.73. The van der Waals surface area contributed by atoms with Crippen molar-refractivity contribution in [2.24, 2.45) is 23.7 Å². The third-order valence-electron chi connectivity index (χ3n) is 6.55. The van der Waals surface area contributed by atoms with E-state index in [4.69, 9.17) is 4.74 Å². The molecule has 4 nitrogen and oxygen atoms in total. The van der Waals surface area contributed by atoms with Crippen molar-refractivity contribution < 1.29 is 19.4 Å². The Morgan fingerprint density at radius 3 is 2.45 bits per heavy atom. The highest BCUT2D eigenvalue weighted by Gasteiger charge is 2.52. The molecule has 5 rings (SSSR count). The number of hydrogen-bond acceptors (Lipinski definition) is 3. The van der Waals surface area contributed by atoms with Crippen molar-refractivity contribution in [3.63, 3.8) is 0 Å². The summed E-state index contributed by atoms with van der Waals surface area (Å²) in [5, 5.41) is 13.5. The Balaban J connectivity index is 1.63.